The summed E-state index contributed by atoms with van der Waals surface area (Å²) in [4.78, 5) is 13.4. The minimum absolute atomic E-state index is 0.123. The van der Waals surface area contributed by atoms with Crippen molar-refractivity contribution < 1.29 is 33.3 Å². The van der Waals surface area contributed by atoms with E-state index in [-0.39, 0.29) is 16.6 Å². The molecule has 12 heteroatoms. The van der Waals surface area contributed by atoms with Crippen LogP contribution in [0.5, 0.6) is 0 Å². The number of thioether (sulfide) groups is 1. The van der Waals surface area contributed by atoms with Crippen LogP contribution in [0.25, 0.3) is 0 Å². The molecule has 2 heterocycles. The Balaban J connectivity index is 1.62. The molecule has 2 aliphatic heterocycles. The number of alkyl halides is 1. The molecule has 1 saturated heterocycles. The van der Waals surface area contributed by atoms with Crippen LogP contribution in [-0.2, 0) is 19.4 Å². The predicted molar refractivity (Wildman–Crippen MR) is 144 cm³/mol. The number of benzene rings is 1. The zero-order chi connectivity index (χ0) is 27.2. The number of allylic oxidation sites excluding steroid dienone is 1. The smallest absolute Gasteiger partial charge is 0.237 e. The first kappa shape index (κ1) is 30.1. The van der Waals surface area contributed by atoms with Crippen molar-refractivity contribution in [3.05, 3.63) is 54.1 Å². The summed E-state index contributed by atoms with van der Waals surface area (Å²) in [7, 11) is -3.42. The molecule has 2 aliphatic rings. The molecule has 8 atom stereocenters. The summed E-state index contributed by atoms with van der Waals surface area (Å²) < 4.78 is 30.7. The lowest BCUT2D eigenvalue weighted by Crippen LogP contribution is -2.65. The van der Waals surface area contributed by atoms with E-state index in [4.69, 9.17) is 16.3 Å². The number of aliphatic hydroxyl groups is 3. The van der Waals surface area contributed by atoms with Crippen molar-refractivity contribution in [2.24, 2.45) is 0 Å². The highest BCUT2D eigenvalue weighted by Crippen LogP contribution is 2.30. The van der Waals surface area contributed by atoms with E-state index >= 15 is 0 Å². The van der Waals surface area contributed by atoms with Crippen LogP contribution in [0.2, 0.25) is 0 Å². The average Bonchev–Trinajstić information content (AvgIpc) is 3.12. The first-order valence-corrected chi connectivity index (χ1v) is 15.5. The van der Waals surface area contributed by atoms with Crippen LogP contribution >= 0.6 is 23.4 Å². The molecular formula is C25H35ClN2O7S2. The second-order valence-corrected chi connectivity index (χ2v) is 12.8. The standard InChI is InChI=1S/C25H35ClN2O7S2/c1-15(26)19(23-21(30)20(29)22(31)25(35-23)36-2)28-24(32)18-11-10-16(12-13-27-18)7-6-14-37(33,34)17-8-4-3-5-9-17/h3-10,15,18-23,25,27,29-31H,11-14H2,1-2H3,(H,28,32)/b7-6+/t15-,18-,19+,20?,21?,22+,23+,25?/m0/s1. The minimum Gasteiger partial charge on any atom is -0.388 e. The molecule has 0 saturated carbocycles. The van der Waals surface area contributed by atoms with Gasteiger partial charge in [-0.25, -0.2) is 8.42 Å². The highest BCUT2D eigenvalue weighted by atomic mass is 35.5. The largest absolute Gasteiger partial charge is 0.388 e. The highest BCUT2D eigenvalue weighted by Gasteiger charge is 2.48. The average molecular weight is 575 g/mol. The summed E-state index contributed by atoms with van der Waals surface area (Å²) >= 11 is 7.53. The molecule has 0 aliphatic carbocycles. The normalized spacial score (nSPS) is 30.8. The maximum atomic E-state index is 13.1. The molecule has 9 nitrogen and oxygen atoms in total. The summed E-state index contributed by atoms with van der Waals surface area (Å²) in [5.41, 5.74) is 0.136. The van der Waals surface area contributed by atoms with Crippen LogP contribution in [0.15, 0.2) is 59.0 Å². The highest BCUT2D eigenvalue weighted by molar-refractivity contribution is 7.99. The number of hydrogen-bond acceptors (Lipinski definition) is 9. The van der Waals surface area contributed by atoms with Crippen molar-refractivity contribution in [3.63, 3.8) is 0 Å². The first-order valence-electron chi connectivity index (χ1n) is 12.1. The van der Waals surface area contributed by atoms with Crippen molar-refractivity contribution in [2.45, 2.75) is 72.0 Å². The number of hydrogen-bond donors (Lipinski definition) is 5. The number of carbonyl (C=O) groups is 1. The Morgan fingerprint density at radius 2 is 1.95 bits per heavy atom. The molecule has 0 spiro atoms. The number of carbonyl (C=O) groups excluding carboxylic acids is 1. The fraction of sp³-hybridized carbons (Fsp3) is 0.560. The van der Waals surface area contributed by atoms with Crippen LogP contribution < -0.4 is 10.6 Å². The van der Waals surface area contributed by atoms with Crippen LogP contribution in [-0.4, -0.2) is 95.5 Å². The van der Waals surface area contributed by atoms with E-state index < -0.39 is 57.1 Å². The van der Waals surface area contributed by atoms with Crippen molar-refractivity contribution in [3.8, 4) is 0 Å². The van der Waals surface area contributed by atoms with Crippen LogP contribution in [0.4, 0.5) is 0 Å². The zero-order valence-electron chi connectivity index (χ0n) is 20.7. The molecule has 1 aromatic carbocycles. The fourth-order valence-corrected chi connectivity index (χ4v) is 6.33. The van der Waals surface area contributed by atoms with E-state index in [0.29, 0.717) is 19.4 Å². The van der Waals surface area contributed by atoms with Gasteiger partial charge in [0.15, 0.2) is 9.84 Å². The topological polar surface area (TPSA) is 145 Å². The zero-order valence-corrected chi connectivity index (χ0v) is 23.1. The number of ether oxygens (including phenoxy) is 1. The lowest BCUT2D eigenvalue weighted by molar-refractivity contribution is -0.205. The van der Waals surface area contributed by atoms with Gasteiger partial charge >= 0.3 is 0 Å². The van der Waals surface area contributed by atoms with E-state index in [1.54, 1.807) is 55.7 Å². The number of nitrogens with one attached hydrogen (secondary N) is 2. The van der Waals surface area contributed by atoms with Gasteiger partial charge in [-0.1, -0.05) is 42.0 Å². The number of sulfone groups is 1. The van der Waals surface area contributed by atoms with Gasteiger partial charge in [-0.2, -0.15) is 0 Å². The predicted octanol–water partition coefficient (Wildman–Crippen LogP) is 0.978. The summed E-state index contributed by atoms with van der Waals surface area (Å²) in [5, 5.41) is 36.3. The van der Waals surface area contributed by atoms with Crippen molar-refractivity contribution >= 4 is 39.1 Å². The Morgan fingerprint density at radius 1 is 1.24 bits per heavy atom. The molecule has 0 bridgehead atoms. The second kappa shape index (κ2) is 13.6. The van der Waals surface area contributed by atoms with Crippen LogP contribution in [0, 0.1) is 0 Å². The third kappa shape index (κ3) is 7.79. The monoisotopic (exact) mass is 574 g/mol. The third-order valence-corrected chi connectivity index (χ3v) is 9.23. The fourth-order valence-electron chi connectivity index (χ4n) is 4.34. The Hall–Kier alpha value is -1.44. The van der Waals surface area contributed by atoms with Gasteiger partial charge in [0.25, 0.3) is 0 Å². The number of rotatable bonds is 9. The van der Waals surface area contributed by atoms with E-state index in [1.165, 1.54) is 11.8 Å². The molecule has 5 N–H and O–H groups in total. The third-order valence-electron chi connectivity index (χ3n) is 6.48. The van der Waals surface area contributed by atoms with E-state index in [0.717, 1.165) is 5.57 Å². The lowest BCUT2D eigenvalue weighted by Gasteiger charge is -2.44. The summed E-state index contributed by atoms with van der Waals surface area (Å²) in [5.74, 6) is -0.467. The molecule has 3 rings (SSSR count). The van der Waals surface area contributed by atoms with Gasteiger partial charge in [0.05, 0.1) is 28.1 Å². The van der Waals surface area contributed by atoms with E-state index in [1.807, 2.05) is 6.08 Å². The van der Waals surface area contributed by atoms with Gasteiger partial charge in [0.1, 0.15) is 29.9 Å². The molecule has 1 aromatic rings. The molecule has 37 heavy (non-hydrogen) atoms. The molecular weight excluding hydrogens is 540 g/mol. The summed E-state index contributed by atoms with van der Waals surface area (Å²) in [6.45, 7) is 2.16. The first-order chi connectivity index (χ1) is 17.5. The van der Waals surface area contributed by atoms with Gasteiger partial charge in [0.2, 0.25) is 5.91 Å². The molecule has 3 unspecified atom stereocenters. The Bertz CT molecular complexity index is 1070. The van der Waals surface area contributed by atoms with Crippen LogP contribution in [0.3, 0.4) is 0 Å². The van der Waals surface area contributed by atoms with Crippen molar-refractivity contribution in [1.29, 1.82) is 0 Å². The lowest BCUT2D eigenvalue weighted by atomic mass is 9.93. The number of amides is 1. The van der Waals surface area contributed by atoms with Gasteiger partial charge < -0.3 is 30.7 Å². The Morgan fingerprint density at radius 3 is 2.59 bits per heavy atom. The van der Waals surface area contributed by atoms with Crippen molar-refractivity contribution in [2.75, 3.05) is 18.6 Å². The maximum absolute atomic E-state index is 13.1. The number of halogens is 1. The minimum atomic E-state index is -3.42. The summed E-state index contributed by atoms with van der Waals surface area (Å²) in [6, 6.07) is 6.87. The van der Waals surface area contributed by atoms with Crippen molar-refractivity contribution in [1.82, 2.24) is 10.6 Å². The van der Waals surface area contributed by atoms with Gasteiger partial charge in [-0.05, 0) is 44.7 Å². The summed E-state index contributed by atoms with van der Waals surface area (Å²) in [6.07, 6.45) is 2.80. The maximum Gasteiger partial charge on any atom is 0.237 e. The van der Waals surface area contributed by atoms with Crippen LogP contribution in [0.1, 0.15) is 19.8 Å². The Kier molecular flexibility index (Phi) is 11.0. The molecule has 0 aromatic heterocycles. The van der Waals surface area contributed by atoms with E-state index in [9.17, 15) is 28.5 Å². The molecule has 0 radical (unpaired) electrons. The van der Waals surface area contributed by atoms with E-state index in [2.05, 4.69) is 10.6 Å². The quantitative estimate of drug-likeness (QED) is 0.272. The van der Waals surface area contributed by atoms with Gasteiger partial charge in [-0.3, -0.25) is 4.79 Å². The molecule has 1 amide bonds. The number of aliphatic hydroxyl groups excluding tert-OH is 3. The van der Waals surface area contributed by atoms with Gasteiger partial charge in [0, 0.05) is 0 Å². The Labute approximate surface area is 227 Å². The SMILES string of the molecule is CSC1O[C@H]([C@H](NC(=O)[C@@H]2CC=C(/C=C/CS(=O)(=O)c3ccccc3)CCN2)[C@H](C)Cl)C(O)C(O)[C@H]1O. The molecule has 206 valence electrons. The van der Waals surface area contributed by atoms with Gasteiger partial charge in [-0.15, -0.1) is 23.4 Å². The molecule has 1 fully saturated rings. The second-order valence-electron chi connectivity index (χ2n) is 9.16.